The topological polar surface area (TPSA) is 34.1 Å². The van der Waals surface area contributed by atoms with Crippen LogP contribution in [0.3, 0.4) is 0 Å². The summed E-state index contributed by atoms with van der Waals surface area (Å²) in [4.78, 5) is 0. The van der Waals surface area contributed by atoms with Gasteiger partial charge in [0.05, 0.1) is 11.1 Å². The smallest absolute Gasteiger partial charge is 0.159 e. The average Bonchev–Trinajstić information content (AvgIpc) is 2.08. The van der Waals surface area contributed by atoms with E-state index < -0.39 is 26.8 Å². The lowest BCUT2D eigenvalue weighted by Crippen LogP contribution is -2.17. The fourth-order valence-corrected chi connectivity index (χ4v) is 2.95. The van der Waals surface area contributed by atoms with Crippen molar-refractivity contribution in [3.8, 4) is 0 Å². The van der Waals surface area contributed by atoms with Crippen LogP contribution in [0.2, 0.25) is 0 Å². The van der Waals surface area contributed by atoms with Crippen LogP contribution in [0.5, 0.6) is 0 Å². The van der Waals surface area contributed by atoms with Gasteiger partial charge in [-0.25, -0.2) is 17.2 Å². The highest BCUT2D eigenvalue weighted by molar-refractivity contribution is 7.90. The van der Waals surface area contributed by atoms with E-state index in [-0.39, 0.29) is 12.2 Å². The van der Waals surface area contributed by atoms with Crippen molar-refractivity contribution in [2.45, 2.75) is 11.8 Å². The molecule has 1 aromatic rings. The molecule has 16 heavy (non-hydrogen) atoms. The van der Waals surface area contributed by atoms with Crippen molar-refractivity contribution < 1.29 is 17.2 Å². The zero-order valence-corrected chi connectivity index (χ0v) is 10.2. The van der Waals surface area contributed by atoms with E-state index in [1.54, 1.807) is 0 Å². The first-order valence-corrected chi connectivity index (χ1v) is 7.03. The third kappa shape index (κ3) is 4.45. The normalized spacial score (nSPS) is 13.8. The number of halogens is 3. The first-order chi connectivity index (χ1) is 7.28. The summed E-state index contributed by atoms with van der Waals surface area (Å²) in [5.74, 6) is -2.08. The third-order valence-corrected chi connectivity index (χ3v) is 3.42. The lowest BCUT2D eigenvalue weighted by atomic mass is 10.1. The van der Waals surface area contributed by atoms with Crippen molar-refractivity contribution in [1.29, 1.82) is 0 Å². The van der Waals surface area contributed by atoms with Crippen LogP contribution in [0.1, 0.15) is 5.56 Å². The molecular formula is C10H11ClF2O2S. The molecular weight excluding hydrogens is 258 g/mol. The van der Waals surface area contributed by atoms with Crippen LogP contribution >= 0.6 is 11.6 Å². The summed E-state index contributed by atoms with van der Waals surface area (Å²) in [5, 5.41) is -0.639. The maximum atomic E-state index is 12.8. The van der Waals surface area contributed by atoms with Crippen molar-refractivity contribution in [1.82, 2.24) is 0 Å². The van der Waals surface area contributed by atoms with Gasteiger partial charge >= 0.3 is 0 Å². The van der Waals surface area contributed by atoms with E-state index in [1.165, 1.54) is 6.07 Å². The van der Waals surface area contributed by atoms with Crippen molar-refractivity contribution >= 4 is 21.4 Å². The summed E-state index contributed by atoms with van der Waals surface area (Å²) in [6.07, 6.45) is 1.26. The second-order valence-corrected chi connectivity index (χ2v) is 6.44. The molecule has 0 aliphatic carbocycles. The van der Waals surface area contributed by atoms with E-state index in [4.69, 9.17) is 11.6 Å². The predicted octanol–water partition coefficient (Wildman–Crippen LogP) is 2.16. The molecule has 0 spiro atoms. The molecule has 0 aromatic heterocycles. The number of benzene rings is 1. The average molecular weight is 269 g/mol. The lowest BCUT2D eigenvalue weighted by molar-refractivity contribution is 0.507. The van der Waals surface area contributed by atoms with Crippen LogP contribution in [0.15, 0.2) is 18.2 Å². The van der Waals surface area contributed by atoms with Crippen LogP contribution in [-0.4, -0.2) is 25.8 Å². The van der Waals surface area contributed by atoms with Gasteiger partial charge < -0.3 is 0 Å². The SMILES string of the molecule is CS(=O)(=O)CC(Cl)Cc1ccc(F)c(F)c1. The molecule has 90 valence electrons. The Bertz CT molecular complexity index is 474. The van der Waals surface area contributed by atoms with Gasteiger partial charge in [-0.15, -0.1) is 11.6 Å². The highest BCUT2D eigenvalue weighted by Crippen LogP contribution is 2.13. The van der Waals surface area contributed by atoms with Crippen molar-refractivity contribution in [2.24, 2.45) is 0 Å². The van der Waals surface area contributed by atoms with E-state index in [1.807, 2.05) is 0 Å². The molecule has 0 aliphatic rings. The minimum absolute atomic E-state index is 0.186. The minimum Gasteiger partial charge on any atom is -0.229 e. The first-order valence-electron chi connectivity index (χ1n) is 4.53. The Morgan fingerprint density at radius 3 is 2.44 bits per heavy atom. The summed E-state index contributed by atoms with van der Waals surface area (Å²) in [6, 6.07) is 3.40. The number of alkyl halides is 1. The largest absolute Gasteiger partial charge is 0.229 e. The van der Waals surface area contributed by atoms with Gasteiger partial charge in [-0.05, 0) is 24.1 Å². The number of hydrogen-bond acceptors (Lipinski definition) is 2. The highest BCUT2D eigenvalue weighted by Gasteiger charge is 2.14. The fourth-order valence-electron chi connectivity index (χ4n) is 1.31. The second-order valence-electron chi connectivity index (χ2n) is 3.64. The second kappa shape index (κ2) is 5.10. The summed E-state index contributed by atoms with van der Waals surface area (Å²) >= 11 is 5.80. The molecule has 0 bridgehead atoms. The van der Waals surface area contributed by atoms with Crippen LogP contribution in [0, 0.1) is 11.6 Å². The molecule has 1 rings (SSSR count). The maximum Gasteiger partial charge on any atom is 0.159 e. The molecule has 0 amide bonds. The Labute approximate surface area is 98.2 Å². The molecule has 0 fully saturated rings. The fraction of sp³-hybridized carbons (Fsp3) is 0.400. The van der Waals surface area contributed by atoms with Gasteiger partial charge in [-0.1, -0.05) is 6.07 Å². The van der Waals surface area contributed by atoms with Gasteiger partial charge in [0.15, 0.2) is 11.6 Å². The third-order valence-electron chi connectivity index (χ3n) is 1.92. The van der Waals surface area contributed by atoms with Crippen molar-refractivity contribution in [3.63, 3.8) is 0 Å². The molecule has 0 aliphatic heterocycles. The standard InChI is InChI=1S/C10H11ClF2O2S/c1-16(14,15)6-8(11)4-7-2-3-9(12)10(13)5-7/h2-3,5,8H,4,6H2,1H3. The van der Waals surface area contributed by atoms with E-state index >= 15 is 0 Å². The maximum absolute atomic E-state index is 12.8. The van der Waals surface area contributed by atoms with E-state index in [0.29, 0.717) is 5.56 Å². The number of hydrogen-bond donors (Lipinski definition) is 0. The number of sulfone groups is 1. The zero-order chi connectivity index (χ0) is 12.3. The molecule has 0 radical (unpaired) electrons. The Kier molecular flexibility index (Phi) is 4.27. The summed E-state index contributed by atoms with van der Waals surface area (Å²) in [7, 11) is -3.16. The Balaban J connectivity index is 2.70. The highest BCUT2D eigenvalue weighted by atomic mass is 35.5. The molecule has 0 heterocycles. The van der Waals surface area contributed by atoms with Crippen LogP contribution in [0.25, 0.3) is 0 Å². The molecule has 2 nitrogen and oxygen atoms in total. The monoisotopic (exact) mass is 268 g/mol. The molecule has 1 aromatic carbocycles. The zero-order valence-electron chi connectivity index (χ0n) is 8.58. The van der Waals surface area contributed by atoms with Gasteiger partial charge in [0, 0.05) is 6.26 Å². The predicted molar refractivity (Wildman–Crippen MR) is 59.4 cm³/mol. The number of rotatable bonds is 4. The molecule has 0 saturated carbocycles. The van der Waals surface area contributed by atoms with Gasteiger partial charge in [-0.3, -0.25) is 0 Å². The van der Waals surface area contributed by atoms with Crippen molar-refractivity contribution in [2.75, 3.05) is 12.0 Å². The van der Waals surface area contributed by atoms with E-state index in [9.17, 15) is 17.2 Å². The molecule has 1 unspecified atom stereocenters. The van der Waals surface area contributed by atoms with Crippen LogP contribution in [-0.2, 0) is 16.3 Å². The Morgan fingerprint density at radius 1 is 1.31 bits per heavy atom. The van der Waals surface area contributed by atoms with Crippen LogP contribution in [0.4, 0.5) is 8.78 Å². The summed E-state index contributed by atoms with van der Waals surface area (Å²) in [6.45, 7) is 0. The quantitative estimate of drug-likeness (QED) is 0.784. The first kappa shape index (κ1) is 13.4. The van der Waals surface area contributed by atoms with Crippen molar-refractivity contribution in [3.05, 3.63) is 35.4 Å². The minimum atomic E-state index is -3.16. The van der Waals surface area contributed by atoms with E-state index in [2.05, 4.69) is 0 Å². The lowest BCUT2D eigenvalue weighted by Gasteiger charge is -2.08. The van der Waals surface area contributed by atoms with Crippen LogP contribution < -0.4 is 0 Å². The summed E-state index contributed by atoms with van der Waals surface area (Å²) < 4.78 is 47.3. The van der Waals surface area contributed by atoms with Gasteiger partial charge in [-0.2, -0.15) is 0 Å². The van der Waals surface area contributed by atoms with Gasteiger partial charge in [0.2, 0.25) is 0 Å². The molecule has 0 N–H and O–H groups in total. The molecule has 0 saturated heterocycles. The Hall–Kier alpha value is -0.680. The van der Waals surface area contributed by atoms with Gasteiger partial charge in [0.1, 0.15) is 9.84 Å². The summed E-state index contributed by atoms with van der Waals surface area (Å²) in [5.41, 5.74) is 0.475. The van der Waals surface area contributed by atoms with Gasteiger partial charge in [0.25, 0.3) is 0 Å². The molecule has 6 heteroatoms. The van der Waals surface area contributed by atoms with E-state index in [0.717, 1.165) is 18.4 Å². The molecule has 1 atom stereocenters. The Morgan fingerprint density at radius 2 is 1.94 bits per heavy atom.